The first-order valence-corrected chi connectivity index (χ1v) is 7.64. The Balaban J connectivity index is 1.53. The average molecular weight is 313 g/mol. The van der Waals surface area contributed by atoms with Crippen LogP contribution in [0.2, 0.25) is 0 Å². The highest BCUT2D eigenvalue weighted by Crippen LogP contribution is 2.49. The first kappa shape index (κ1) is 14.1. The molecular formula is C17H16FN3O2. The molecule has 1 saturated carbocycles. The molecule has 118 valence electrons. The van der Waals surface area contributed by atoms with Crippen LogP contribution in [0.1, 0.15) is 0 Å². The molecule has 0 radical (unpaired) electrons. The lowest BCUT2D eigenvalue weighted by molar-refractivity contribution is -0.118. The van der Waals surface area contributed by atoms with E-state index >= 15 is 0 Å². The van der Waals surface area contributed by atoms with Gasteiger partial charge in [0.1, 0.15) is 5.82 Å². The second kappa shape index (κ2) is 5.31. The van der Waals surface area contributed by atoms with Gasteiger partial charge in [-0.15, -0.1) is 0 Å². The van der Waals surface area contributed by atoms with E-state index < -0.39 is 5.82 Å². The highest BCUT2D eigenvalue weighted by molar-refractivity contribution is 5.95. The molecule has 1 amide bonds. The number of piperidine rings is 1. The number of carbonyl (C=O) groups excluding carboxylic acids is 1. The molecule has 0 spiro atoms. The Kier molecular flexibility index (Phi) is 3.27. The number of amides is 1. The van der Waals surface area contributed by atoms with Crippen molar-refractivity contribution >= 4 is 11.6 Å². The maximum absolute atomic E-state index is 14.3. The van der Waals surface area contributed by atoms with E-state index in [0.717, 1.165) is 13.1 Å². The number of fused-ring (bicyclic) bond motifs is 1. The third-order valence-electron chi connectivity index (χ3n) is 4.71. The minimum Gasteiger partial charge on any atom is -0.323 e. The van der Waals surface area contributed by atoms with Crippen molar-refractivity contribution < 1.29 is 9.18 Å². The van der Waals surface area contributed by atoms with Crippen LogP contribution in [0.15, 0.2) is 47.4 Å². The summed E-state index contributed by atoms with van der Waals surface area (Å²) in [5, 5.41) is 5.89. The summed E-state index contributed by atoms with van der Waals surface area (Å²) in [6.07, 6.45) is 1.58. The molecule has 1 aromatic heterocycles. The van der Waals surface area contributed by atoms with Crippen LogP contribution in [-0.4, -0.2) is 23.6 Å². The van der Waals surface area contributed by atoms with Crippen molar-refractivity contribution in [2.24, 2.45) is 17.8 Å². The van der Waals surface area contributed by atoms with Gasteiger partial charge in [0.05, 0.1) is 11.4 Å². The largest absolute Gasteiger partial charge is 0.323 e. The van der Waals surface area contributed by atoms with Crippen LogP contribution >= 0.6 is 0 Å². The lowest BCUT2D eigenvalue weighted by Crippen LogP contribution is -2.23. The van der Waals surface area contributed by atoms with Crippen LogP contribution in [-0.2, 0) is 4.79 Å². The summed E-state index contributed by atoms with van der Waals surface area (Å²) in [4.78, 5) is 24.0. The molecule has 1 unspecified atom stereocenters. The molecule has 4 rings (SSSR count). The topological polar surface area (TPSA) is 63.1 Å². The Hall–Kier alpha value is -2.47. The molecule has 6 heteroatoms. The van der Waals surface area contributed by atoms with E-state index in [0.29, 0.717) is 17.5 Å². The number of benzene rings is 1. The number of carbonyl (C=O) groups is 1. The van der Waals surface area contributed by atoms with Crippen molar-refractivity contribution in [2.45, 2.75) is 0 Å². The van der Waals surface area contributed by atoms with Crippen LogP contribution in [0.4, 0.5) is 10.1 Å². The van der Waals surface area contributed by atoms with E-state index in [1.807, 2.05) is 0 Å². The van der Waals surface area contributed by atoms with E-state index in [1.165, 1.54) is 22.8 Å². The fourth-order valence-electron chi connectivity index (χ4n) is 3.42. The number of nitrogens with one attached hydrogen (secondary N) is 2. The van der Waals surface area contributed by atoms with Crippen LogP contribution in [0.25, 0.3) is 5.69 Å². The molecule has 2 fully saturated rings. The minimum atomic E-state index is -0.546. The number of anilines is 1. The van der Waals surface area contributed by atoms with Gasteiger partial charge in [-0.2, -0.15) is 0 Å². The fraction of sp³-hybridized carbons (Fsp3) is 0.294. The molecule has 1 aliphatic heterocycles. The molecule has 1 saturated heterocycles. The summed E-state index contributed by atoms with van der Waals surface area (Å²) < 4.78 is 15.6. The van der Waals surface area contributed by atoms with Gasteiger partial charge in [0.15, 0.2) is 0 Å². The fourth-order valence-corrected chi connectivity index (χ4v) is 3.42. The van der Waals surface area contributed by atoms with Crippen molar-refractivity contribution in [3.63, 3.8) is 0 Å². The number of hydrogen-bond donors (Lipinski definition) is 2. The first-order chi connectivity index (χ1) is 11.1. The Morgan fingerprint density at radius 2 is 2.00 bits per heavy atom. The third-order valence-corrected chi connectivity index (χ3v) is 4.71. The Morgan fingerprint density at radius 1 is 1.22 bits per heavy atom. The van der Waals surface area contributed by atoms with Crippen LogP contribution in [0, 0.1) is 23.6 Å². The summed E-state index contributed by atoms with van der Waals surface area (Å²) in [7, 11) is 0. The van der Waals surface area contributed by atoms with Gasteiger partial charge in [-0.1, -0.05) is 6.07 Å². The Morgan fingerprint density at radius 3 is 2.70 bits per heavy atom. The summed E-state index contributed by atoms with van der Waals surface area (Å²) in [6.45, 7) is 1.72. The number of halogens is 1. The standard InChI is InChI=1S/C17H16FN3O2/c18-13-7-10(21-6-2-1-3-15(21)22)4-5-14(13)20-17(23)16-11-8-19-9-12(11)16/h1-7,11-12,16,19H,8-9H2,(H,20,23)/t11-,12+,16?. The smallest absolute Gasteiger partial charge is 0.255 e. The zero-order valence-electron chi connectivity index (χ0n) is 12.3. The Labute approximate surface area is 132 Å². The molecule has 5 nitrogen and oxygen atoms in total. The SMILES string of the molecule is O=C(Nc1ccc(-n2ccccc2=O)cc1F)C1[C@H]2CNC[C@@H]12. The lowest BCUT2D eigenvalue weighted by atomic mass is 10.2. The summed E-state index contributed by atoms with van der Waals surface area (Å²) in [6, 6.07) is 9.12. The van der Waals surface area contributed by atoms with Crippen LogP contribution in [0.3, 0.4) is 0 Å². The normalized spacial score (nSPS) is 25.0. The number of pyridine rings is 1. The molecule has 0 bridgehead atoms. The zero-order valence-corrected chi connectivity index (χ0v) is 12.3. The third kappa shape index (κ3) is 2.45. The molecule has 2 aliphatic rings. The molecule has 2 aromatic rings. The molecule has 1 aliphatic carbocycles. The van der Waals surface area contributed by atoms with Crippen molar-refractivity contribution in [2.75, 3.05) is 18.4 Å². The molecular weight excluding hydrogens is 297 g/mol. The lowest BCUT2D eigenvalue weighted by Gasteiger charge is -2.10. The van der Waals surface area contributed by atoms with Gasteiger partial charge >= 0.3 is 0 Å². The maximum atomic E-state index is 14.3. The molecule has 3 atom stereocenters. The van der Waals surface area contributed by atoms with Gasteiger partial charge in [0.2, 0.25) is 5.91 Å². The van der Waals surface area contributed by atoms with Gasteiger partial charge < -0.3 is 10.6 Å². The second-order valence-corrected chi connectivity index (χ2v) is 6.07. The highest BCUT2D eigenvalue weighted by atomic mass is 19.1. The van der Waals surface area contributed by atoms with Crippen LogP contribution in [0.5, 0.6) is 0 Å². The van der Waals surface area contributed by atoms with E-state index in [1.54, 1.807) is 24.4 Å². The van der Waals surface area contributed by atoms with Crippen molar-refractivity contribution in [1.29, 1.82) is 0 Å². The summed E-state index contributed by atoms with van der Waals surface area (Å²) >= 11 is 0. The van der Waals surface area contributed by atoms with Crippen molar-refractivity contribution in [3.05, 3.63) is 58.8 Å². The Bertz CT molecular complexity index is 823. The summed E-state index contributed by atoms with van der Waals surface area (Å²) in [5.41, 5.74) is 0.348. The average Bonchev–Trinajstić information content (AvgIpc) is 3.03. The van der Waals surface area contributed by atoms with Gasteiger partial charge in [-0.3, -0.25) is 14.2 Å². The van der Waals surface area contributed by atoms with E-state index in [4.69, 9.17) is 0 Å². The molecule has 23 heavy (non-hydrogen) atoms. The highest BCUT2D eigenvalue weighted by Gasteiger charge is 2.56. The molecule has 1 aromatic carbocycles. The minimum absolute atomic E-state index is 0.00734. The zero-order chi connectivity index (χ0) is 16.0. The quantitative estimate of drug-likeness (QED) is 0.900. The number of nitrogens with zero attached hydrogens (tertiary/aromatic N) is 1. The number of aromatic nitrogens is 1. The summed E-state index contributed by atoms with van der Waals surface area (Å²) in [5.74, 6) is 0.105. The van der Waals surface area contributed by atoms with Gasteiger partial charge in [-0.05, 0) is 43.1 Å². The van der Waals surface area contributed by atoms with Crippen molar-refractivity contribution in [3.8, 4) is 5.69 Å². The number of rotatable bonds is 3. The van der Waals surface area contributed by atoms with E-state index in [-0.39, 0.29) is 23.1 Å². The van der Waals surface area contributed by atoms with Gasteiger partial charge in [-0.25, -0.2) is 4.39 Å². The maximum Gasteiger partial charge on any atom is 0.255 e. The van der Waals surface area contributed by atoms with Gasteiger partial charge in [0, 0.05) is 24.2 Å². The monoisotopic (exact) mass is 313 g/mol. The predicted octanol–water partition coefficient (Wildman–Crippen LogP) is 1.38. The van der Waals surface area contributed by atoms with E-state index in [9.17, 15) is 14.0 Å². The molecule has 2 heterocycles. The van der Waals surface area contributed by atoms with E-state index in [2.05, 4.69) is 10.6 Å². The van der Waals surface area contributed by atoms with Crippen molar-refractivity contribution in [1.82, 2.24) is 9.88 Å². The first-order valence-electron chi connectivity index (χ1n) is 7.64. The number of hydrogen-bond acceptors (Lipinski definition) is 3. The van der Waals surface area contributed by atoms with Gasteiger partial charge in [0.25, 0.3) is 5.56 Å². The molecule has 2 N–H and O–H groups in total. The van der Waals surface area contributed by atoms with Crippen LogP contribution < -0.4 is 16.2 Å². The predicted molar refractivity (Wildman–Crippen MR) is 84.0 cm³/mol. The second-order valence-electron chi connectivity index (χ2n) is 6.07.